The molecule has 0 saturated heterocycles. The highest BCUT2D eigenvalue weighted by Gasteiger charge is 2.19. The molecular weight excluding hydrogens is 430 g/mol. The molecule has 1 N–H and O–H groups in total. The fraction of sp³-hybridized carbons (Fsp3) is 0.0833. The van der Waals surface area contributed by atoms with Crippen LogP contribution < -0.4 is 10.2 Å². The van der Waals surface area contributed by atoms with Crippen molar-refractivity contribution < 1.29 is 22.4 Å². The number of rotatable bonds is 6. The van der Waals surface area contributed by atoms with Crippen molar-refractivity contribution in [1.29, 1.82) is 0 Å². The van der Waals surface area contributed by atoms with Gasteiger partial charge in [0, 0.05) is 6.07 Å². The largest absolute Gasteiger partial charge is 0.455 e. The van der Waals surface area contributed by atoms with Crippen LogP contribution in [0, 0.1) is 6.92 Å². The maximum Gasteiger partial charge on any atom is 0.374 e. The van der Waals surface area contributed by atoms with Gasteiger partial charge in [-0.25, -0.2) is 13.2 Å². The molecule has 1 aromatic heterocycles. The summed E-state index contributed by atoms with van der Waals surface area (Å²) in [6.07, 6.45) is 0. The first-order chi connectivity index (χ1) is 15.3. The van der Waals surface area contributed by atoms with Gasteiger partial charge in [-0.05, 0) is 36.8 Å². The lowest BCUT2D eigenvalue weighted by Crippen LogP contribution is -2.16. The number of benzene rings is 3. The van der Waals surface area contributed by atoms with Crippen molar-refractivity contribution in [1.82, 2.24) is 0 Å². The van der Waals surface area contributed by atoms with Crippen molar-refractivity contribution in [2.24, 2.45) is 0 Å². The van der Waals surface area contributed by atoms with Crippen LogP contribution in [0.15, 0.2) is 93.0 Å². The van der Waals surface area contributed by atoms with E-state index in [1.165, 1.54) is 30.3 Å². The minimum absolute atomic E-state index is 0.0165. The van der Waals surface area contributed by atoms with Gasteiger partial charge in [-0.15, -0.1) is 0 Å². The van der Waals surface area contributed by atoms with E-state index < -0.39 is 21.4 Å². The third kappa shape index (κ3) is 4.55. The van der Waals surface area contributed by atoms with E-state index in [1.54, 1.807) is 24.3 Å². The Kier molecular flexibility index (Phi) is 5.79. The van der Waals surface area contributed by atoms with Crippen LogP contribution in [0.2, 0.25) is 0 Å². The Morgan fingerprint density at radius 2 is 1.69 bits per heavy atom. The Balaban J connectivity index is 1.63. The van der Waals surface area contributed by atoms with Gasteiger partial charge in [0.1, 0.15) is 12.2 Å². The predicted octanol–water partition coefficient (Wildman–Crippen LogP) is 4.26. The lowest BCUT2D eigenvalue weighted by atomic mass is 10.2. The van der Waals surface area contributed by atoms with Crippen molar-refractivity contribution in [2.45, 2.75) is 18.4 Å². The van der Waals surface area contributed by atoms with E-state index in [1.807, 2.05) is 25.1 Å². The minimum atomic E-state index is -3.93. The molecule has 0 spiro atoms. The van der Waals surface area contributed by atoms with Gasteiger partial charge in [-0.3, -0.25) is 9.52 Å². The standard InChI is InChI=1S/C24H19NO6S/c1-16-10-12-18(13-11-16)32(28,29)25-19-8-5-9-21-23(19)20(26)14-22(31-21)24(27)30-15-17-6-3-2-4-7-17/h2-14,25H,15H2,1H3. The highest BCUT2D eigenvalue weighted by atomic mass is 32.2. The number of hydrogen-bond acceptors (Lipinski definition) is 6. The van der Waals surface area contributed by atoms with Crippen LogP contribution in [0.1, 0.15) is 21.7 Å². The number of ether oxygens (including phenoxy) is 1. The fourth-order valence-electron chi connectivity index (χ4n) is 3.11. The number of anilines is 1. The van der Waals surface area contributed by atoms with Crippen LogP contribution in [0.5, 0.6) is 0 Å². The van der Waals surface area contributed by atoms with Crippen LogP contribution in [-0.2, 0) is 21.4 Å². The molecule has 0 aliphatic carbocycles. The van der Waals surface area contributed by atoms with Gasteiger partial charge >= 0.3 is 5.97 Å². The summed E-state index contributed by atoms with van der Waals surface area (Å²) < 4.78 is 38.7. The number of esters is 1. The van der Waals surface area contributed by atoms with E-state index in [2.05, 4.69) is 4.72 Å². The molecule has 0 unspecified atom stereocenters. The molecule has 0 radical (unpaired) electrons. The monoisotopic (exact) mass is 449 g/mol. The Morgan fingerprint density at radius 1 is 0.969 bits per heavy atom. The van der Waals surface area contributed by atoms with E-state index in [0.29, 0.717) is 0 Å². The molecule has 0 saturated carbocycles. The third-order valence-electron chi connectivity index (χ3n) is 4.74. The molecule has 0 aliphatic rings. The molecule has 0 atom stereocenters. The number of aryl methyl sites for hydroxylation is 1. The quantitative estimate of drug-likeness (QED) is 0.441. The Labute approximate surface area is 184 Å². The summed E-state index contributed by atoms with van der Waals surface area (Å²) in [6, 6.07) is 20.9. The smallest absolute Gasteiger partial charge is 0.374 e. The number of hydrogen-bond donors (Lipinski definition) is 1. The van der Waals surface area contributed by atoms with Gasteiger partial charge in [-0.1, -0.05) is 54.1 Å². The molecular formula is C24H19NO6S. The van der Waals surface area contributed by atoms with Crippen LogP contribution >= 0.6 is 0 Å². The highest BCUT2D eigenvalue weighted by molar-refractivity contribution is 7.92. The van der Waals surface area contributed by atoms with Gasteiger partial charge in [0.2, 0.25) is 5.76 Å². The summed E-state index contributed by atoms with van der Waals surface area (Å²) in [5.74, 6) is -1.06. The van der Waals surface area contributed by atoms with Crippen LogP contribution in [0.4, 0.5) is 5.69 Å². The third-order valence-corrected chi connectivity index (χ3v) is 6.13. The molecule has 7 nitrogen and oxygen atoms in total. The maximum atomic E-state index is 12.8. The molecule has 4 rings (SSSR count). The van der Waals surface area contributed by atoms with Crippen molar-refractivity contribution >= 4 is 32.6 Å². The zero-order valence-corrected chi connectivity index (χ0v) is 17.9. The molecule has 0 fully saturated rings. The first-order valence-electron chi connectivity index (χ1n) is 9.71. The summed E-state index contributed by atoms with van der Waals surface area (Å²) in [5.41, 5.74) is 1.26. The average Bonchev–Trinajstić information content (AvgIpc) is 2.78. The second-order valence-corrected chi connectivity index (χ2v) is 8.82. The first-order valence-corrected chi connectivity index (χ1v) is 11.2. The lowest BCUT2D eigenvalue weighted by Gasteiger charge is -2.11. The first kappa shape index (κ1) is 21.3. The van der Waals surface area contributed by atoms with Gasteiger partial charge in [0.15, 0.2) is 5.43 Å². The van der Waals surface area contributed by atoms with E-state index in [0.717, 1.165) is 17.2 Å². The van der Waals surface area contributed by atoms with Gasteiger partial charge in [0.05, 0.1) is 16.0 Å². The maximum absolute atomic E-state index is 12.8. The summed E-state index contributed by atoms with van der Waals surface area (Å²) >= 11 is 0. The number of fused-ring (bicyclic) bond motifs is 1. The molecule has 0 aliphatic heterocycles. The van der Waals surface area contributed by atoms with E-state index in [9.17, 15) is 18.0 Å². The molecule has 32 heavy (non-hydrogen) atoms. The minimum Gasteiger partial charge on any atom is -0.455 e. The zero-order valence-electron chi connectivity index (χ0n) is 17.1. The number of carbonyl (C=O) groups excluding carboxylic acids is 1. The zero-order chi connectivity index (χ0) is 22.7. The fourth-order valence-corrected chi connectivity index (χ4v) is 4.18. The van der Waals surface area contributed by atoms with Crippen molar-refractivity contribution in [2.75, 3.05) is 4.72 Å². The molecule has 0 bridgehead atoms. The van der Waals surface area contributed by atoms with E-state index >= 15 is 0 Å². The SMILES string of the molecule is Cc1ccc(S(=O)(=O)Nc2cccc3oc(C(=O)OCc4ccccc4)cc(=O)c23)cc1. The normalized spacial score (nSPS) is 11.3. The molecule has 1 heterocycles. The van der Waals surface area contributed by atoms with Gasteiger partial charge in [-0.2, -0.15) is 0 Å². The number of carbonyl (C=O) groups is 1. The van der Waals surface area contributed by atoms with Crippen LogP contribution in [0.25, 0.3) is 11.0 Å². The van der Waals surface area contributed by atoms with Gasteiger partial charge in [0.25, 0.3) is 10.0 Å². The van der Waals surface area contributed by atoms with Crippen LogP contribution in [0.3, 0.4) is 0 Å². The van der Waals surface area contributed by atoms with Crippen molar-refractivity contribution in [3.05, 3.63) is 106 Å². The Morgan fingerprint density at radius 3 is 2.41 bits per heavy atom. The lowest BCUT2D eigenvalue weighted by molar-refractivity contribution is 0.0436. The Hall–Kier alpha value is -3.91. The summed E-state index contributed by atoms with van der Waals surface area (Å²) in [7, 11) is -3.93. The molecule has 8 heteroatoms. The highest BCUT2D eigenvalue weighted by Crippen LogP contribution is 2.24. The van der Waals surface area contributed by atoms with E-state index in [4.69, 9.17) is 9.15 Å². The van der Waals surface area contributed by atoms with Crippen molar-refractivity contribution in [3.63, 3.8) is 0 Å². The van der Waals surface area contributed by atoms with E-state index in [-0.39, 0.29) is 33.9 Å². The molecule has 0 amide bonds. The van der Waals surface area contributed by atoms with Gasteiger partial charge < -0.3 is 9.15 Å². The second kappa shape index (κ2) is 8.68. The number of sulfonamides is 1. The summed E-state index contributed by atoms with van der Waals surface area (Å²) in [4.78, 5) is 25.2. The average molecular weight is 449 g/mol. The Bertz CT molecular complexity index is 1440. The second-order valence-electron chi connectivity index (χ2n) is 7.13. The molecule has 4 aromatic rings. The number of nitrogens with one attached hydrogen (secondary N) is 1. The topological polar surface area (TPSA) is 103 Å². The van der Waals surface area contributed by atoms with Crippen molar-refractivity contribution in [3.8, 4) is 0 Å². The van der Waals surface area contributed by atoms with Crippen LogP contribution in [-0.4, -0.2) is 14.4 Å². The summed E-state index contributed by atoms with van der Waals surface area (Å²) in [6.45, 7) is 1.87. The predicted molar refractivity (Wildman–Crippen MR) is 120 cm³/mol. The molecule has 3 aromatic carbocycles. The summed E-state index contributed by atoms with van der Waals surface area (Å²) in [5, 5.41) is 0.0165. The molecule has 162 valence electrons.